The fourth-order valence-corrected chi connectivity index (χ4v) is 2.81. The Balaban J connectivity index is 1.73. The number of hydrogen-bond donors (Lipinski definition) is 2. The van der Waals surface area contributed by atoms with E-state index in [2.05, 4.69) is 14.7 Å². The van der Waals surface area contributed by atoms with Crippen molar-refractivity contribution in [2.24, 2.45) is 0 Å². The Kier molecular flexibility index (Phi) is 4.31. The molecule has 2 aromatic heterocycles. The van der Waals surface area contributed by atoms with E-state index in [9.17, 15) is 4.39 Å². The second kappa shape index (κ2) is 6.55. The summed E-state index contributed by atoms with van der Waals surface area (Å²) in [5.41, 5.74) is 3.52. The summed E-state index contributed by atoms with van der Waals surface area (Å²) in [6.07, 6.45) is 3.59. The molecule has 6 heteroatoms. The largest absolute Gasteiger partial charge is 0.359 e. The standard InChI is InChI=1S/C17H13FN4S/c1-11-3-2-6-20-17(11)16-8-13(10-21-16)23-22-15-5-4-12(9-19)7-14(15)18/h2-8,10,21-22H,1H3. The van der Waals surface area contributed by atoms with Gasteiger partial charge in [-0.15, -0.1) is 0 Å². The summed E-state index contributed by atoms with van der Waals surface area (Å²) in [4.78, 5) is 8.44. The van der Waals surface area contributed by atoms with E-state index < -0.39 is 5.82 Å². The molecule has 1 aromatic carbocycles. The summed E-state index contributed by atoms with van der Waals surface area (Å²) < 4.78 is 16.8. The molecule has 4 nitrogen and oxygen atoms in total. The number of aromatic nitrogens is 2. The first kappa shape index (κ1) is 15.1. The van der Waals surface area contributed by atoms with E-state index in [1.165, 1.54) is 18.0 Å². The molecule has 0 aliphatic heterocycles. The van der Waals surface area contributed by atoms with Gasteiger partial charge in [0, 0.05) is 17.3 Å². The molecule has 0 amide bonds. The van der Waals surface area contributed by atoms with Crippen molar-refractivity contribution in [3.63, 3.8) is 0 Å². The minimum absolute atomic E-state index is 0.299. The molecule has 2 N–H and O–H groups in total. The van der Waals surface area contributed by atoms with Gasteiger partial charge in [0.15, 0.2) is 0 Å². The number of rotatable bonds is 4. The molecule has 2 heterocycles. The Morgan fingerprint density at radius 2 is 2.17 bits per heavy atom. The van der Waals surface area contributed by atoms with Gasteiger partial charge in [0.25, 0.3) is 0 Å². The van der Waals surface area contributed by atoms with Crippen molar-refractivity contribution in [3.05, 3.63) is 65.7 Å². The number of anilines is 1. The maximum absolute atomic E-state index is 13.8. The van der Waals surface area contributed by atoms with Crippen LogP contribution in [0.5, 0.6) is 0 Å². The van der Waals surface area contributed by atoms with Crippen molar-refractivity contribution >= 4 is 17.6 Å². The molecular formula is C17H13FN4S. The number of halogens is 1. The van der Waals surface area contributed by atoms with E-state index in [4.69, 9.17) is 5.26 Å². The van der Waals surface area contributed by atoms with Crippen LogP contribution in [0.3, 0.4) is 0 Å². The number of aryl methyl sites for hydroxylation is 1. The normalized spacial score (nSPS) is 10.3. The van der Waals surface area contributed by atoms with Gasteiger partial charge in [-0.3, -0.25) is 4.98 Å². The van der Waals surface area contributed by atoms with E-state index in [1.807, 2.05) is 37.4 Å². The monoisotopic (exact) mass is 324 g/mol. The van der Waals surface area contributed by atoms with Crippen LogP contribution in [0.4, 0.5) is 10.1 Å². The van der Waals surface area contributed by atoms with E-state index in [0.29, 0.717) is 11.3 Å². The highest BCUT2D eigenvalue weighted by atomic mass is 32.2. The fourth-order valence-electron chi connectivity index (χ4n) is 2.12. The van der Waals surface area contributed by atoms with Gasteiger partial charge < -0.3 is 9.71 Å². The van der Waals surface area contributed by atoms with E-state index >= 15 is 0 Å². The molecule has 0 aliphatic rings. The maximum atomic E-state index is 13.8. The first-order chi connectivity index (χ1) is 11.2. The smallest absolute Gasteiger partial charge is 0.148 e. The molecule has 0 fully saturated rings. The molecular weight excluding hydrogens is 311 g/mol. The van der Waals surface area contributed by atoms with Crippen molar-refractivity contribution in [2.75, 3.05) is 4.72 Å². The van der Waals surface area contributed by atoms with Crippen LogP contribution < -0.4 is 4.72 Å². The number of aromatic amines is 1. The van der Waals surface area contributed by atoms with Crippen LogP contribution in [0.1, 0.15) is 11.1 Å². The van der Waals surface area contributed by atoms with E-state index in [-0.39, 0.29) is 0 Å². The average Bonchev–Trinajstić information content (AvgIpc) is 3.02. The molecule has 3 rings (SSSR count). The molecule has 0 aliphatic carbocycles. The molecule has 0 unspecified atom stereocenters. The Morgan fingerprint density at radius 3 is 2.91 bits per heavy atom. The van der Waals surface area contributed by atoms with Gasteiger partial charge in [-0.1, -0.05) is 6.07 Å². The summed E-state index contributed by atoms with van der Waals surface area (Å²) in [6.45, 7) is 2.00. The lowest BCUT2D eigenvalue weighted by molar-refractivity contribution is 0.632. The van der Waals surface area contributed by atoms with Gasteiger partial charge in [0.2, 0.25) is 0 Å². The zero-order valence-corrected chi connectivity index (χ0v) is 13.1. The molecule has 0 spiro atoms. The van der Waals surface area contributed by atoms with Gasteiger partial charge >= 0.3 is 0 Å². The van der Waals surface area contributed by atoms with Gasteiger partial charge in [-0.2, -0.15) is 5.26 Å². The van der Waals surface area contributed by atoms with Crippen LogP contribution in [0, 0.1) is 24.1 Å². The third-order valence-corrected chi connectivity index (χ3v) is 4.09. The molecule has 0 atom stereocenters. The molecule has 0 radical (unpaired) electrons. The Labute approximate surface area is 137 Å². The second-order valence-electron chi connectivity index (χ2n) is 4.93. The van der Waals surface area contributed by atoms with Gasteiger partial charge in [0.05, 0.1) is 28.7 Å². The lowest BCUT2D eigenvalue weighted by atomic mass is 10.2. The number of nitriles is 1. The number of nitrogens with one attached hydrogen (secondary N) is 2. The van der Waals surface area contributed by atoms with Crippen molar-refractivity contribution in [1.29, 1.82) is 5.26 Å². The third kappa shape index (κ3) is 3.35. The van der Waals surface area contributed by atoms with Crippen LogP contribution in [-0.2, 0) is 0 Å². The first-order valence-corrected chi connectivity index (χ1v) is 7.72. The minimum Gasteiger partial charge on any atom is -0.359 e. The van der Waals surface area contributed by atoms with Gasteiger partial charge in [-0.25, -0.2) is 4.39 Å². The Bertz CT molecular complexity index is 882. The summed E-state index contributed by atoms with van der Waals surface area (Å²) >= 11 is 1.29. The molecule has 23 heavy (non-hydrogen) atoms. The summed E-state index contributed by atoms with van der Waals surface area (Å²) in [7, 11) is 0. The van der Waals surface area contributed by atoms with Crippen molar-refractivity contribution in [2.45, 2.75) is 11.8 Å². The number of nitrogens with zero attached hydrogens (tertiary/aromatic N) is 2. The lowest BCUT2D eigenvalue weighted by Crippen LogP contribution is -1.91. The highest BCUT2D eigenvalue weighted by Crippen LogP contribution is 2.28. The molecule has 0 saturated carbocycles. The third-order valence-electron chi connectivity index (χ3n) is 3.30. The predicted molar refractivity (Wildman–Crippen MR) is 89.4 cm³/mol. The van der Waals surface area contributed by atoms with E-state index in [1.54, 1.807) is 18.3 Å². The maximum Gasteiger partial charge on any atom is 0.148 e. The number of hydrogen-bond acceptors (Lipinski definition) is 4. The van der Waals surface area contributed by atoms with Crippen LogP contribution >= 0.6 is 11.9 Å². The minimum atomic E-state index is -0.451. The summed E-state index contributed by atoms with van der Waals surface area (Å²) in [6, 6.07) is 12.1. The van der Waals surface area contributed by atoms with Crippen LogP contribution in [0.25, 0.3) is 11.4 Å². The van der Waals surface area contributed by atoms with Crippen molar-refractivity contribution < 1.29 is 4.39 Å². The van der Waals surface area contributed by atoms with Gasteiger partial charge in [0.1, 0.15) is 5.82 Å². The molecule has 0 saturated heterocycles. The quantitative estimate of drug-likeness (QED) is 0.693. The topological polar surface area (TPSA) is 64.5 Å². The average molecular weight is 324 g/mol. The predicted octanol–water partition coefficient (Wildman–Crippen LogP) is 4.52. The Hall–Kier alpha value is -2.78. The highest BCUT2D eigenvalue weighted by Gasteiger charge is 2.08. The van der Waals surface area contributed by atoms with Crippen molar-refractivity contribution in [3.8, 4) is 17.5 Å². The summed E-state index contributed by atoms with van der Waals surface area (Å²) in [5, 5.41) is 8.74. The zero-order chi connectivity index (χ0) is 16.2. The Morgan fingerprint density at radius 1 is 1.30 bits per heavy atom. The highest BCUT2D eigenvalue weighted by molar-refractivity contribution is 8.00. The number of benzene rings is 1. The SMILES string of the molecule is Cc1cccnc1-c1cc(SNc2ccc(C#N)cc2F)c[nH]1. The van der Waals surface area contributed by atoms with Crippen LogP contribution in [0.15, 0.2) is 53.7 Å². The summed E-state index contributed by atoms with van der Waals surface area (Å²) in [5.74, 6) is -0.451. The first-order valence-electron chi connectivity index (χ1n) is 6.90. The number of H-pyrrole nitrogens is 1. The lowest BCUT2D eigenvalue weighted by Gasteiger charge is -2.05. The van der Waals surface area contributed by atoms with Crippen LogP contribution in [-0.4, -0.2) is 9.97 Å². The van der Waals surface area contributed by atoms with Crippen LogP contribution in [0.2, 0.25) is 0 Å². The molecule has 3 aromatic rings. The fraction of sp³-hybridized carbons (Fsp3) is 0.0588. The van der Waals surface area contributed by atoms with Crippen molar-refractivity contribution in [1.82, 2.24) is 9.97 Å². The van der Waals surface area contributed by atoms with Gasteiger partial charge in [-0.05, 0) is 54.8 Å². The molecule has 0 bridgehead atoms. The second-order valence-corrected chi connectivity index (χ2v) is 5.81. The number of pyridine rings is 1. The van der Waals surface area contributed by atoms with E-state index in [0.717, 1.165) is 21.8 Å². The molecule has 114 valence electrons. The zero-order valence-electron chi connectivity index (χ0n) is 12.3.